The van der Waals surface area contributed by atoms with Gasteiger partial charge in [-0.2, -0.15) is 0 Å². The minimum absolute atomic E-state index is 0.0775. The van der Waals surface area contributed by atoms with Crippen molar-refractivity contribution in [2.45, 2.75) is 64.2 Å². The molecule has 0 radical (unpaired) electrons. The van der Waals surface area contributed by atoms with Gasteiger partial charge in [-0.3, -0.25) is 4.79 Å². The highest BCUT2D eigenvalue weighted by molar-refractivity contribution is 7.80. The van der Waals surface area contributed by atoms with Crippen LogP contribution in [0.1, 0.15) is 55.2 Å². The van der Waals surface area contributed by atoms with Crippen LogP contribution in [0.4, 0.5) is 0 Å². The lowest BCUT2D eigenvalue weighted by Gasteiger charge is -2.24. The molecule has 0 bridgehead atoms. The van der Waals surface area contributed by atoms with Crippen molar-refractivity contribution in [2.75, 3.05) is 7.11 Å². The standard InChI is InChI=1S/C26H31NO5S/c1-18-8-12-20(13-9-18)25(33)27-23(16-24(28)32-22-6-4-3-5-7-22)26(29)31-17-19-10-14-21(30-2)15-11-19/h8-15,22-23H,3-7,16-17H2,1-2H3,(H,27,33)/t23-/m0/s1. The molecule has 0 aliphatic heterocycles. The molecule has 1 aliphatic rings. The molecule has 0 aromatic heterocycles. The highest BCUT2D eigenvalue weighted by Crippen LogP contribution is 2.21. The van der Waals surface area contributed by atoms with E-state index in [-0.39, 0.29) is 19.1 Å². The molecule has 0 amide bonds. The maximum Gasteiger partial charge on any atom is 0.329 e. The van der Waals surface area contributed by atoms with Crippen LogP contribution >= 0.6 is 12.2 Å². The summed E-state index contributed by atoms with van der Waals surface area (Å²) >= 11 is 5.49. The van der Waals surface area contributed by atoms with Gasteiger partial charge in [-0.15, -0.1) is 0 Å². The topological polar surface area (TPSA) is 73.9 Å². The van der Waals surface area contributed by atoms with Gasteiger partial charge in [-0.1, -0.05) is 60.6 Å². The SMILES string of the molecule is COc1ccc(COC(=O)[C@H](CC(=O)OC2CCCCC2)NC(=S)c2ccc(C)cc2)cc1. The van der Waals surface area contributed by atoms with Crippen molar-refractivity contribution in [1.29, 1.82) is 0 Å². The average Bonchev–Trinajstić information content (AvgIpc) is 2.83. The molecule has 0 saturated heterocycles. The molecule has 1 fully saturated rings. The molecule has 1 N–H and O–H groups in total. The van der Waals surface area contributed by atoms with Crippen molar-refractivity contribution in [3.8, 4) is 5.75 Å². The number of hydrogen-bond acceptors (Lipinski definition) is 6. The van der Waals surface area contributed by atoms with E-state index in [0.29, 0.717) is 4.99 Å². The van der Waals surface area contributed by atoms with Crippen molar-refractivity contribution in [1.82, 2.24) is 5.32 Å². The van der Waals surface area contributed by atoms with Crippen LogP contribution in [0.5, 0.6) is 5.75 Å². The number of ether oxygens (including phenoxy) is 3. The van der Waals surface area contributed by atoms with Crippen LogP contribution in [0.2, 0.25) is 0 Å². The Hall–Kier alpha value is -2.93. The van der Waals surface area contributed by atoms with Crippen LogP contribution < -0.4 is 10.1 Å². The molecule has 3 rings (SSSR count). The summed E-state index contributed by atoms with van der Waals surface area (Å²) in [5, 5.41) is 3.01. The summed E-state index contributed by atoms with van der Waals surface area (Å²) in [7, 11) is 1.59. The molecule has 1 atom stereocenters. The van der Waals surface area contributed by atoms with E-state index in [4.69, 9.17) is 26.4 Å². The van der Waals surface area contributed by atoms with Crippen LogP contribution in [-0.4, -0.2) is 36.2 Å². The Morgan fingerprint density at radius 1 is 1.03 bits per heavy atom. The van der Waals surface area contributed by atoms with E-state index < -0.39 is 18.0 Å². The van der Waals surface area contributed by atoms with Gasteiger partial charge in [0.15, 0.2) is 0 Å². The summed E-state index contributed by atoms with van der Waals surface area (Å²) in [4.78, 5) is 25.9. The fraction of sp³-hybridized carbons (Fsp3) is 0.423. The van der Waals surface area contributed by atoms with Crippen molar-refractivity contribution < 1.29 is 23.8 Å². The van der Waals surface area contributed by atoms with E-state index in [1.165, 1.54) is 6.42 Å². The van der Waals surface area contributed by atoms with Gasteiger partial charge in [0, 0.05) is 5.56 Å². The summed E-state index contributed by atoms with van der Waals surface area (Å²) in [6.45, 7) is 2.07. The lowest BCUT2D eigenvalue weighted by atomic mass is 9.98. The number of benzene rings is 2. The third kappa shape index (κ3) is 7.86. The first-order valence-electron chi connectivity index (χ1n) is 11.3. The maximum atomic E-state index is 12.9. The minimum Gasteiger partial charge on any atom is -0.497 e. The summed E-state index contributed by atoms with van der Waals surface area (Å²) in [6, 6.07) is 13.9. The molecule has 6 nitrogen and oxygen atoms in total. The Labute approximate surface area is 200 Å². The first kappa shape index (κ1) is 24.7. The number of thiocarbonyl (C=S) groups is 1. The third-order valence-corrected chi connectivity index (χ3v) is 6.02. The first-order chi connectivity index (χ1) is 15.9. The van der Waals surface area contributed by atoms with E-state index in [1.807, 2.05) is 43.3 Å². The second kappa shape index (κ2) is 12.3. The van der Waals surface area contributed by atoms with Gasteiger partial charge in [0.2, 0.25) is 0 Å². The summed E-state index contributed by atoms with van der Waals surface area (Å²) in [5.41, 5.74) is 2.69. The molecule has 1 saturated carbocycles. The van der Waals surface area contributed by atoms with Crippen LogP contribution in [-0.2, 0) is 25.7 Å². The van der Waals surface area contributed by atoms with Crippen molar-refractivity contribution >= 4 is 29.1 Å². The highest BCUT2D eigenvalue weighted by atomic mass is 32.1. The predicted molar refractivity (Wildman–Crippen MR) is 130 cm³/mol. The molecule has 7 heteroatoms. The Balaban J connectivity index is 1.64. The molecule has 2 aromatic rings. The summed E-state index contributed by atoms with van der Waals surface area (Å²) in [5.74, 6) is -0.257. The van der Waals surface area contributed by atoms with Crippen LogP contribution in [0, 0.1) is 6.92 Å². The second-order valence-electron chi connectivity index (χ2n) is 8.30. The van der Waals surface area contributed by atoms with Crippen molar-refractivity contribution in [2.24, 2.45) is 0 Å². The second-order valence-corrected chi connectivity index (χ2v) is 8.71. The molecule has 2 aromatic carbocycles. The van der Waals surface area contributed by atoms with Crippen molar-refractivity contribution in [3.05, 3.63) is 65.2 Å². The van der Waals surface area contributed by atoms with Gasteiger partial charge in [0.05, 0.1) is 13.5 Å². The predicted octanol–water partition coefficient (Wildman–Crippen LogP) is 4.65. The van der Waals surface area contributed by atoms with Gasteiger partial charge in [0.1, 0.15) is 29.5 Å². The van der Waals surface area contributed by atoms with Crippen LogP contribution in [0.15, 0.2) is 48.5 Å². The third-order valence-electron chi connectivity index (χ3n) is 5.66. The molecule has 0 spiro atoms. The zero-order valence-electron chi connectivity index (χ0n) is 19.2. The smallest absolute Gasteiger partial charge is 0.329 e. The monoisotopic (exact) mass is 469 g/mol. The zero-order valence-corrected chi connectivity index (χ0v) is 20.0. The summed E-state index contributed by atoms with van der Waals surface area (Å²) in [6.07, 6.45) is 4.79. The lowest BCUT2D eigenvalue weighted by Crippen LogP contribution is -2.43. The Bertz CT molecular complexity index is 936. The lowest BCUT2D eigenvalue weighted by molar-refractivity contribution is -0.156. The molecule has 1 aliphatic carbocycles. The molecule has 176 valence electrons. The number of esters is 2. The fourth-order valence-corrected chi connectivity index (χ4v) is 3.98. The number of methoxy groups -OCH3 is 1. The molecular formula is C26H31NO5S. The molecule has 0 unspecified atom stereocenters. The highest BCUT2D eigenvalue weighted by Gasteiger charge is 2.27. The summed E-state index contributed by atoms with van der Waals surface area (Å²) < 4.78 is 16.3. The van der Waals surface area contributed by atoms with E-state index in [2.05, 4.69) is 5.32 Å². The molecule has 33 heavy (non-hydrogen) atoms. The van der Waals surface area contributed by atoms with E-state index >= 15 is 0 Å². The minimum atomic E-state index is -0.937. The fourth-order valence-electron chi connectivity index (χ4n) is 3.70. The van der Waals surface area contributed by atoms with E-state index in [9.17, 15) is 9.59 Å². The number of rotatable bonds is 9. The Kier molecular flexibility index (Phi) is 9.24. The van der Waals surface area contributed by atoms with Crippen LogP contribution in [0.25, 0.3) is 0 Å². The van der Waals surface area contributed by atoms with Crippen molar-refractivity contribution in [3.63, 3.8) is 0 Å². The Morgan fingerprint density at radius 2 is 1.70 bits per heavy atom. The number of carbonyl (C=O) groups is 2. The van der Waals surface area contributed by atoms with Gasteiger partial charge < -0.3 is 19.5 Å². The maximum absolute atomic E-state index is 12.9. The number of carbonyl (C=O) groups excluding carboxylic acids is 2. The van der Waals surface area contributed by atoms with Gasteiger partial charge in [-0.25, -0.2) is 4.79 Å². The zero-order chi connectivity index (χ0) is 23.6. The quantitative estimate of drug-likeness (QED) is 0.423. The van der Waals surface area contributed by atoms with E-state index in [0.717, 1.165) is 48.1 Å². The van der Waals surface area contributed by atoms with Gasteiger partial charge in [-0.05, 0) is 50.3 Å². The largest absolute Gasteiger partial charge is 0.497 e. The van der Waals surface area contributed by atoms with Crippen LogP contribution in [0.3, 0.4) is 0 Å². The average molecular weight is 470 g/mol. The number of hydrogen-bond donors (Lipinski definition) is 1. The van der Waals surface area contributed by atoms with Gasteiger partial charge in [0.25, 0.3) is 0 Å². The number of nitrogens with one attached hydrogen (secondary N) is 1. The normalized spacial score (nSPS) is 14.7. The van der Waals surface area contributed by atoms with E-state index in [1.54, 1.807) is 19.2 Å². The molecule has 0 heterocycles. The molecular weight excluding hydrogens is 438 g/mol. The first-order valence-corrected chi connectivity index (χ1v) is 11.7. The Morgan fingerprint density at radius 3 is 2.33 bits per heavy atom. The van der Waals surface area contributed by atoms with Gasteiger partial charge >= 0.3 is 11.9 Å². The number of aryl methyl sites for hydroxylation is 1.